The van der Waals surface area contributed by atoms with E-state index in [4.69, 9.17) is 25.2 Å². The molecule has 0 aliphatic carbocycles. The first-order valence-electron chi connectivity index (χ1n) is 5.41. The van der Waals surface area contributed by atoms with Crippen molar-refractivity contribution in [1.29, 1.82) is 0 Å². The summed E-state index contributed by atoms with van der Waals surface area (Å²) in [6.45, 7) is -0.693. The van der Waals surface area contributed by atoms with Gasteiger partial charge in [-0.3, -0.25) is 4.79 Å². The SMILES string of the molecule is CC(=O)[C@H](OCC(O)CO)[C@@H](O)[C@H](O)[C@H](O)CO. The van der Waals surface area contributed by atoms with Crippen LogP contribution in [0.5, 0.6) is 0 Å². The predicted octanol–water partition coefficient (Wildman–Crippen LogP) is -3.61. The third kappa shape index (κ3) is 5.36. The lowest BCUT2D eigenvalue weighted by molar-refractivity contribution is -0.159. The third-order valence-corrected chi connectivity index (χ3v) is 2.32. The van der Waals surface area contributed by atoms with E-state index in [1.54, 1.807) is 0 Å². The lowest BCUT2D eigenvalue weighted by Gasteiger charge is -2.27. The Kier molecular flexibility index (Phi) is 8.20. The Hall–Kier alpha value is -0.610. The van der Waals surface area contributed by atoms with E-state index >= 15 is 0 Å². The molecule has 0 amide bonds. The number of aliphatic hydroxyl groups excluding tert-OH is 6. The molecule has 0 radical (unpaired) electrons. The van der Waals surface area contributed by atoms with Gasteiger partial charge in [0.1, 0.15) is 30.5 Å². The van der Waals surface area contributed by atoms with Crippen LogP contribution in [0.2, 0.25) is 0 Å². The highest BCUT2D eigenvalue weighted by atomic mass is 16.5. The van der Waals surface area contributed by atoms with Gasteiger partial charge in [0, 0.05) is 0 Å². The predicted molar refractivity (Wildman–Crippen MR) is 58.6 cm³/mol. The maximum absolute atomic E-state index is 11.2. The minimum atomic E-state index is -1.77. The van der Waals surface area contributed by atoms with Gasteiger partial charge in [0.2, 0.25) is 0 Å². The highest BCUT2D eigenvalue weighted by molar-refractivity contribution is 5.81. The second-order valence-corrected chi connectivity index (χ2v) is 3.93. The van der Waals surface area contributed by atoms with Crippen molar-refractivity contribution in [3.05, 3.63) is 0 Å². The molecule has 0 saturated heterocycles. The van der Waals surface area contributed by atoms with E-state index in [0.29, 0.717) is 0 Å². The molecule has 0 rings (SSSR count). The molecule has 0 fully saturated rings. The van der Waals surface area contributed by atoms with Crippen molar-refractivity contribution in [2.24, 2.45) is 0 Å². The first-order valence-corrected chi connectivity index (χ1v) is 5.41. The molecule has 0 heterocycles. The molecular weight excluding hydrogens is 248 g/mol. The topological polar surface area (TPSA) is 148 Å². The molecule has 0 aromatic rings. The number of ketones is 1. The van der Waals surface area contributed by atoms with E-state index in [-0.39, 0.29) is 0 Å². The van der Waals surface area contributed by atoms with Crippen molar-refractivity contribution in [1.82, 2.24) is 0 Å². The lowest BCUT2D eigenvalue weighted by Crippen LogP contribution is -2.50. The largest absolute Gasteiger partial charge is 0.394 e. The Morgan fingerprint density at radius 3 is 2.00 bits per heavy atom. The summed E-state index contributed by atoms with van der Waals surface area (Å²) in [6.07, 6.45) is -7.83. The summed E-state index contributed by atoms with van der Waals surface area (Å²) >= 11 is 0. The van der Waals surface area contributed by atoms with Crippen molar-refractivity contribution in [3.8, 4) is 0 Å². The molecule has 0 saturated carbocycles. The van der Waals surface area contributed by atoms with Gasteiger partial charge in [-0.05, 0) is 6.92 Å². The van der Waals surface area contributed by atoms with Gasteiger partial charge in [-0.15, -0.1) is 0 Å². The molecule has 5 atom stereocenters. The Morgan fingerprint density at radius 2 is 1.61 bits per heavy atom. The minimum Gasteiger partial charge on any atom is -0.394 e. The van der Waals surface area contributed by atoms with Crippen LogP contribution in [0.3, 0.4) is 0 Å². The second kappa shape index (κ2) is 8.48. The van der Waals surface area contributed by atoms with Crippen molar-refractivity contribution < 1.29 is 40.2 Å². The Labute approximate surface area is 104 Å². The van der Waals surface area contributed by atoms with Crippen LogP contribution in [0.1, 0.15) is 6.92 Å². The number of Topliss-reactive ketones (excluding diaryl/α,β-unsaturated/α-hetero) is 1. The molecule has 0 bridgehead atoms. The minimum absolute atomic E-state index is 0.417. The summed E-state index contributed by atoms with van der Waals surface area (Å²) in [5.41, 5.74) is 0. The van der Waals surface area contributed by atoms with Crippen molar-refractivity contribution in [3.63, 3.8) is 0 Å². The zero-order valence-electron chi connectivity index (χ0n) is 10.0. The van der Waals surface area contributed by atoms with Gasteiger partial charge in [0.15, 0.2) is 5.78 Å². The highest BCUT2D eigenvalue weighted by Gasteiger charge is 2.34. The molecule has 0 spiro atoms. The van der Waals surface area contributed by atoms with E-state index in [1.165, 1.54) is 0 Å². The van der Waals surface area contributed by atoms with Crippen LogP contribution in [0.4, 0.5) is 0 Å². The summed E-state index contributed by atoms with van der Waals surface area (Å²) in [6, 6.07) is 0. The van der Waals surface area contributed by atoms with Gasteiger partial charge in [-0.1, -0.05) is 0 Å². The van der Waals surface area contributed by atoms with Gasteiger partial charge in [0.05, 0.1) is 19.8 Å². The maximum atomic E-state index is 11.2. The number of hydrogen-bond donors (Lipinski definition) is 6. The third-order valence-electron chi connectivity index (χ3n) is 2.32. The first kappa shape index (κ1) is 17.4. The van der Waals surface area contributed by atoms with Crippen LogP contribution in [-0.2, 0) is 9.53 Å². The number of rotatable bonds is 9. The van der Waals surface area contributed by atoms with Crippen LogP contribution in [0.15, 0.2) is 0 Å². The van der Waals surface area contributed by atoms with E-state index < -0.39 is 56.1 Å². The molecule has 6 N–H and O–H groups in total. The molecule has 8 nitrogen and oxygen atoms in total. The lowest BCUT2D eigenvalue weighted by atomic mass is 10.0. The number of carbonyl (C=O) groups is 1. The van der Waals surface area contributed by atoms with E-state index in [9.17, 15) is 15.0 Å². The number of hydrogen-bond acceptors (Lipinski definition) is 8. The molecule has 0 aliphatic heterocycles. The fraction of sp³-hybridized carbons (Fsp3) is 0.900. The summed E-state index contributed by atoms with van der Waals surface area (Å²) in [4.78, 5) is 11.2. The average Bonchev–Trinajstić information content (AvgIpc) is 2.35. The van der Waals surface area contributed by atoms with Gasteiger partial charge in [0.25, 0.3) is 0 Å². The van der Waals surface area contributed by atoms with Crippen molar-refractivity contribution >= 4 is 5.78 Å². The van der Waals surface area contributed by atoms with E-state index in [1.807, 2.05) is 0 Å². The number of aliphatic hydroxyl groups is 6. The quantitative estimate of drug-likeness (QED) is 0.251. The molecule has 108 valence electrons. The molecule has 1 unspecified atom stereocenters. The molecule has 8 heteroatoms. The Morgan fingerprint density at radius 1 is 1.06 bits per heavy atom. The van der Waals surface area contributed by atoms with Gasteiger partial charge in [-0.2, -0.15) is 0 Å². The molecule has 0 aromatic carbocycles. The summed E-state index contributed by atoms with van der Waals surface area (Å²) < 4.78 is 4.87. The standard InChI is InChI=1S/C10H20O8/c1-5(13)10(18-4-6(14)2-11)9(17)8(16)7(15)3-12/h6-12,14-17H,2-4H2,1H3/t6?,7-,8-,9+,10+/m1/s1. The van der Waals surface area contributed by atoms with Crippen LogP contribution < -0.4 is 0 Å². The second-order valence-electron chi connectivity index (χ2n) is 3.93. The molecular formula is C10H20O8. The van der Waals surface area contributed by atoms with E-state index in [2.05, 4.69) is 0 Å². The van der Waals surface area contributed by atoms with Crippen molar-refractivity contribution in [2.75, 3.05) is 19.8 Å². The smallest absolute Gasteiger partial charge is 0.161 e. The normalized spacial score (nSPS) is 19.9. The average molecular weight is 268 g/mol. The fourth-order valence-corrected chi connectivity index (χ4v) is 1.24. The van der Waals surface area contributed by atoms with Gasteiger partial charge < -0.3 is 35.4 Å². The van der Waals surface area contributed by atoms with E-state index in [0.717, 1.165) is 6.92 Å². The molecule has 18 heavy (non-hydrogen) atoms. The summed E-state index contributed by atoms with van der Waals surface area (Å²) in [5, 5.41) is 54.4. The van der Waals surface area contributed by atoms with Crippen LogP contribution >= 0.6 is 0 Å². The summed E-state index contributed by atoms with van der Waals surface area (Å²) in [5.74, 6) is -0.628. The molecule has 0 aromatic heterocycles. The van der Waals surface area contributed by atoms with Crippen LogP contribution in [0.25, 0.3) is 0 Å². The van der Waals surface area contributed by atoms with Gasteiger partial charge >= 0.3 is 0 Å². The Balaban J connectivity index is 4.54. The van der Waals surface area contributed by atoms with Crippen LogP contribution in [0, 0.1) is 0 Å². The zero-order valence-corrected chi connectivity index (χ0v) is 10.0. The monoisotopic (exact) mass is 268 g/mol. The maximum Gasteiger partial charge on any atom is 0.161 e. The first-order chi connectivity index (χ1) is 8.34. The highest BCUT2D eigenvalue weighted by Crippen LogP contribution is 2.10. The zero-order chi connectivity index (χ0) is 14.3. The number of ether oxygens (including phenoxy) is 1. The van der Waals surface area contributed by atoms with Gasteiger partial charge in [-0.25, -0.2) is 0 Å². The van der Waals surface area contributed by atoms with Crippen molar-refractivity contribution in [2.45, 2.75) is 37.4 Å². The van der Waals surface area contributed by atoms with Crippen LogP contribution in [-0.4, -0.2) is 86.8 Å². The molecule has 0 aliphatic rings. The fourth-order valence-electron chi connectivity index (χ4n) is 1.24. The number of carbonyl (C=O) groups excluding carboxylic acids is 1. The Bertz CT molecular complexity index is 246. The summed E-state index contributed by atoms with van der Waals surface area (Å²) in [7, 11) is 0.